The van der Waals surface area contributed by atoms with Crippen LogP contribution in [0.15, 0.2) is 133 Å². The molecule has 0 spiro atoms. The van der Waals surface area contributed by atoms with E-state index in [1.165, 1.54) is 132 Å². The van der Waals surface area contributed by atoms with Crippen molar-refractivity contribution in [1.29, 1.82) is 0 Å². The van der Waals surface area contributed by atoms with Crippen LogP contribution < -0.4 is 0 Å². The summed E-state index contributed by atoms with van der Waals surface area (Å²) in [6, 6.07) is 50.4. The molecule has 0 aliphatic rings. The molecule has 9 rings (SSSR count). The zero-order valence-electron chi connectivity index (χ0n) is 32.7. The maximum Gasteiger partial charge on any atom is -0.00208 e. The second-order valence-electron chi connectivity index (χ2n) is 15.6. The molecule has 0 fully saturated rings. The molecular weight excluding hydrogens is 649 g/mol. The van der Waals surface area contributed by atoms with E-state index in [9.17, 15) is 0 Å². The first-order valence-electron chi connectivity index (χ1n) is 19.3. The van der Waals surface area contributed by atoms with Crippen molar-refractivity contribution in [2.75, 3.05) is 0 Å². The molecule has 0 aliphatic carbocycles. The zero-order valence-corrected chi connectivity index (χ0v) is 32.7. The van der Waals surface area contributed by atoms with Crippen molar-refractivity contribution in [3.05, 3.63) is 178 Å². The van der Waals surface area contributed by atoms with E-state index in [-0.39, 0.29) is 0 Å². The molecule has 9 aromatic carbocycles. The molecule has 0 aromatic heterocycles. The summed E-state index contributed by atoms with van der Waals surface area (Å²) in [4.78, 5) is 0. The van der Waals surface area contributed by atoms with Gasteiger partial charge in [-0.25, -0.2) is 0 Å². The summed E-state index contributed by atoms with van der Waals surface area (Å²) in [5, 5.41) is 10.4. The lowest BCUT2D eigenvalue weighted by Crippen LogP contribution is -1.99. The predicted molar refractivity (Wildman–Crippen MR) is 236 cm³/mol. The molecule has 54 heavy (non-hydrogen) atoms. The Labute approximate surface area is 319 Å². The Morgan fingerprint density at radius 2 is 0.370 bits per heavy atom. The Morgan fingerprint density at radius 3 is 0.556 bits per heavy atom. The molecule has 0 heteroatoms. The average molecular weight is 695 g/mol. The van der Waals surface area contributed by atoms with E-state index in [0.717, 1.165) is 0 Å². The SMILES string of the molecule is Cc1cccc(C)c1-c1c2ccccc2c(-c2c(C)cccc2C)c2cc3c(-c4c(C)cccc4C)c4ccccc4c(-c4c(C)cccc4C)c3cc12. The van der Waals surface area contributed by atoms with Crippen molar-refractivity contribution < 1.29 is 0 Å². The quantitative estimate of drug-likeness (QED) is 0.161. The van der Waals surface area contributed by atoms with Crippen LogP contribution in [0.2, 0.25) is 0 Å². The first kappa shape index (κ1) is 33.8. The number of fused-ring (bicyclic) bond motifs is 4. The maximum atomic E-state index is 2.58. The lowest BCUT2D eigenvalue weighted by Gasteiger charge is -2.25. The van der Waals surface area contributed by atoms with Gasteiger partial charge in [-0.05, 0) is 200 Å². The van der Waals surface area contributed by atoms with Crippen LogP contribution in [0.25, 0.3) is 87.6 Å². The first-order chi connectivity index (χ1) is 26.2. The fraction of sp³-hybridized carbons (Fsp3) is 0.148. The van der Waals surface area contributed by atoms with E-state index >= 15 is 0 Å². The second-order valence-corrected chi connectivity index (χ2v) is 15.6. The summed E-state index contributed by atoms with van der Waals surface area (Å²) in [5.41, 5.74) is 21.0. The van der Waals surface area contributed by atoms with Crippen LogP contribution in [0, 0.1) is 55.4 Å². The van der Waals surface area contributed by atoms with E-state index in [4.69, 9.17) is 0 Å². The summed E-state index contributed by atoms with van der Waals surface area (Å²) in [5.74, 6) is 0. The summed E-state index contributed by atoms with van der Waals surface area (Å²) >= 11 is 0. The zero-order chi connectivity index (χ0) is 37.4. The molecule has 0 radical (unpaired) electrons. The van der Waals surface area contributed by atoms with E-state index < -0.39 is 0 Å². The minimum Gasteiger partial charge on any atom is -0.0617 e. The van der Waals surface area contributed by atoms with Crippen LogP contribution >= 0.6 is 0 Å². The Bertz CT molecular complexity index is 2520. The third-order valence-corrected chi connectivity index (χ3v) is 12.1. The number of rotatable bonds is 4. The molecule has 0 saturated heterocycles. The van der Waals surface area contributed by atoms with Crippen molar-refractivity contribution in [1.82, 2.24) is 0 Å². The molecule has 0 nitrogen and oxygen atoms in total. The van der Waals surface area contributed by atoms with Gasteiger partial charge < -0.3 is 0 Å². The second kappa shape index (κ2) is 12.9. The summed E-state index contributed by atoms with van der Waals surface area (Å²) in [6.45, 7) is 18.2. The summed E-state index contributed by atoms with van der Waals surface area (Å²) in [6.07, 6.45) is 0. The fourth-order valence-electron chi connectivity index (χ4n) is 9.76. The van der Waals surface area contributed by atoms with E-state index in [0.29, 0.717) is 0 Å². The lowest BCUT2D eigenvalue weighted by atomic mass is 9.78. The largest absolute Gasteiger partial charge is 0.0617 e. The van der Waals surface area contributed by atoms with Gasteiger partial charge in [-0.1, -0.05) is 121 Å². The molecular formula is C54H46. The van der Waals surface area contributed by atoms with Gasteiger partial charge in [-0.2, -0.15) is 0 Å². The number of aryl methyl sites for hydroxylation is 8. The molecule has 0 heterocycles. The maximum absolute atomic E-state index is 2.58. The topological polar surface area (TPSA) is 0 Å². The van der Waals surface area contributed by atoms with Crippen LogP contribution in [0.3, 0.4) is 0 Å². The smallest absolute Gasteiger partial charge is 0.00208 e. The lowest BCUT2D eigenvalue weighted by molar-refractivity contribution is 1.38. The highest BCUT2D eigenvalue weighted by Crippen LogP contribution is 2.52. The minimum atomic E-state index is 1.30. The van der Waals surface area contributed by atoms with Gasteiger partial charge >= 0.3 is 0 Å². The molecule has 0 aliphatic heterocycles. The van der Waals surface area contributed by atoms with Crippen LogP contribution in [0.1, 0.15) is 44.5 Å². The Balaban J connectivity index is 1.65. The molecule has 0 atom stereocenters. The molecule has 0 saturated carbocycles. The average Bonchev–Trinajstić information content (AvgIpc) is 3.15. The molecule has 0 unspecified atom stereocenters. The van der Waals surface area contributed by atoms with Gasteiger partial charge in [0.15, 0.2) is 0 Å². The summed E-state index contributed by atoms with van der Waals surface area (Å²) < 4.78 is 0. The van der Waals surface area contributed by atoms with Crippen LogP contribution in [0.4, 0.5) is 0 Å². The molecule has 0 N–H and O–H groups in total. The van der Waals surface area contributed by atoms with Gasteiger partial charge in [-0.15, -0.1) is 0 Å². The minimum absolute atomic E-state index is 1.30. The van der Waals surface area contributed by atoms with Gasteiger partial charge in [0.1, 0.15) is 0 Å². The van der Waals surface area contributed by atoms with E-state index in [2.05, 4.69) is 189 Å². The number of benzene rings is 9. The Morgan fingerprint density at radius 1 is 0.185 bits per heavy atom. The van der Waals surface area contributed by atoms with Crippen LogP contribution in [0.5, 0.6) is 0 Å². The molecule has 0 amide bonds. The number of hydrogen-bond donors (Lipinski definition) is 0. The van der Waals surface area contributed by atoms with Crippen molar-refractivity contribution in [2.24, 2.45) is 0 Å². The van der Waals surface area contributed by atoms with Crippen molar-refractivity contribution >= 4 is 43.1 Å². The van der Waals surface area contributed by atoms with Crippen molar-refractivity contribution in [3.8, 4) is 44.5 Å². The molecule has 9 aromatic rings. The van der Waals surface area contributed by atoms with Gasteiger partial charge in [0, 0.05) is 0 Å². The first-order valence-corrected chi connectivity index (χ1v) is 19.3. The number of hydrogen-bond acceptors (Lipinski definition) is 0. The standard InChI is InChI=1S/C54H46/c1-31-17-13-18-32(2)47(31)51-39-25-9-10-26-40(39)52(48-33(3)19-14-20-34(48)4)44-30-46-45(29-43(44)51)53(49-35(5)21-15-22-36(49)6)41-27-11-12-28-42(41)54(46)50-37(7)23-16-24-38(50)8/h9-30H,1-8H3. The van der Waals surface area contributed by atoms with Crippen LogP contribution in [-0.4, -0.2) is 0 Å². The predicted octanol–water partition coefficient (Wildman–Crippen LogP) is 15.4. The van der Waals surface area contributed by atoms with E-state index in [1.807, 2.05) is 0 Å². The Hall–Kier alpha value is -5.98. The Kier molecular flexibility index (Phi) is 8.05. The van der Waals surface area contributed by atoms with Gasteiger partial charge in [-0.3, -0.25) is 0 Å². The normalized spacial score (nSPS) is 11.7. The van der Waals surface area contributed by atoms with Gasteiger partial charge in [0.05, 0.1) is 0 Å². The van der Waals surface area contributed by atoms with Crippen molar-refractivity contribution in [3.63, 3.8) is 0 Å². The third-order valence-electron chi connectivity index (χ3n) is 12.1. The summed E-state index contributed by atoms with van der Waals surface area (Å²) in [7, 11) is 0. The fourth-order valence-corrected chi connectivity index (χ4v) is 9.76. The van der Waals surface area contributed by atoms with Crippen molar-refractivity contribution in [2.45, 2.75) is 55.4 Å². The third kappa shape index (κ3) is 5.04. The van der Waals surface area contributed by atoms with Crippen LogP contribution in [-0.2, 0) is 0 Å². The highest BCUT2D eigenvalue weighted by molar-refractivity contribution is 6.29. The highest BCUT2D eigenvalue weighted by Gasteiger charge is 2.25. The van der Waals surface area contributed by atoms with Gasteiger partial charge in [0.25, 0.3) is 0 Å². The van der Waals surface area contributed by atoms with E-state index in [1.54, 1.807) is 0 Å². The molecule has 262 valence electrons. The highest BCUT2D eigenvalue weighted by atomic mass is 14.3. The van der Waals surface area contributed by atoms with Gasteiger partial charge in [0.2, 0.25) is 0 Å². The molecule has 0 bridgehead atoms. The monoisotopic (exact) mass is 694 g/mol.